The van der Waals surface area contributed by atoms with Crippen LogP contribution < -0.4 is 5.32 Å². The first-order chi connectivity index (χ1) is 13.1. The minimum atomic E-state index is -0.952. The van der Waals surface area contributed by atoms with Gasteiger partial charge in [0.2, 0.25) is 0 Å². The molecule has 0 unspecified atom stereocenters. The van der Waals surface area contributed by atoms with Gasteiger partial charge in [-0.15, -0.1) is 10.2 Å². The Morgan fingerprint density at radius 2 is 2.04 bits per heavy atom. The first-order valence-electron chi connectivity index (χ1n) is 8.61. The Morgan fingerprint density at radius 3 is 2.81 bits per heavy atom. The highest BCUT2D eigenvalue weighted by Gasteiger charge is 2.07. The predicted octanol–water partition coefficient (Wildman–Crippen LogP) is 2.68. The first kappa shape index (κ1) is 18.5. The number of hydrogen-bond donors (Lipinski definition) is 2. The van der Waals surface area contributed by atoms with Gasteiger partial charge in [-0.05, 0) is 24.6 Å². The molecule has 0 aliphatic heterocycles. The number of carboxylic acid groups (broad SMARTS) is 1. The van der Waals surface area contributed by atoms with E-state index in [4.69, 9.17) is 5.11 Å². The highest BCUT2D eigenvalue weighted by molar-refractivity contribution is 5.87. The van der Waals surface area contributed by atoms with E-state index < -0.39 is 5.97 Å². The van der Waals surface area contributed by atoms with Crippen molar-refractivity contribution in [2.75, 3.05) is 0 Å². The molecule has 0 radical (unpaired) electrons. The van der Waals surface area contributed by atoms with Gasteiger partial charge in [0.25, 0.3) is 0 Å². The fourth-order valence-electron chi connectivity index (χ4n) is 2.69. The van der Waals surface area contributed by atoms with E-state index in [0.717, 1.165) is 11.4 Å². The second kappa shape index (κ2) is 8.86. The van der Waals surface area contributed by atoms with Crippen LogP contribution in [0.1, 0.15) is 33.1 Å². The molecule has 0 aliphatic rings. The molecule has 2 heterocycles. The maximum absolute atomic E-state index is 11.1. The minimum absolute atomic E-state index is 0.244. The zero-order chi connectivity index (χ0) is 19.1. The summed E-state index contributed by atoms with van der Waals surface area (Å²) in [6.07, 6.45) is 5.81. The van der Waals surface area contributed by atoms with E-state index in [1.54, 1.807) is 25.4 Å². The monoisotopic (exact) mass is 363 g/mol. The first-order valence-corrected chi connectivity index (χ1v) is 8.61. The number of nitrogens with zero attached hydrogens (tertiary/aromatic N) is 4. The largest absolute Gasteiger partial charge is 0.478 e. The third-order valence-electron chi connectivity index (χ3n) is 3.95. The van der Waals surface area contributed by atoms with Crippen LogP contribution in [-0.4, -0.2) is 30.8 Å². The van der Waals surface area contributed by atoms with Gasteiger partial charge < -0.3 is 15.0 Å². The van der Waals surface area contributed by atoms with Crippen LogP contribution in [0.15, 0.2) is 54.9 Å². The number of pyridine rings is 1. The quantitative estimate of drug-likeness (QED) is 0.639. The number of carboxylic acids is 1. The van der Waals surface area contributed by atoms with Gasteiger partial charge in [0.15, 0.2) is 0 Å². The Labute approximate surface area is 157 Å². The molecule has 0 atom stereocenters. The normalized spacial score (nSPS) is 11.1. The molecule has 0 spiro atoms. The van der Waals surface area contributed by atoms with Crippen LogP contribution in [0.2, 0.25) is 0 Å². The summed E-state index contributed by atoms with van der Waals surface area (Å²) in [5, 5.41) is 20.5. The van der Waals surface area contributed by atoms with Crippen LogP contribution in [-0.2, 0) is 19.6 Å². The van der Waals surface area contributed by atoms with Crippen molar-refractivity contribution in [1.82, 2.24) is 25.1 Å². The molecule has 1 aromatic carbocycles. The molecule has 0 saturated carbocycles. The lowest BCUT2D eigenvalue weighted by atomic mass is 10.2. The molecule has 2 aromatic heterocycles. The standard InChI is InChI=1S/C20H21N5O2/c1-15-10-17(20(26)27)11-18(23-15)12-21-13-19-24-22-14-25(19)9-5-8-16-6-3-2-4-7-16/h2-8,10-11,14,21H,9,12-13H2,1H3,(H,26,27). The van der Waals surface area contributed by atoms with Crippen molar-refractivity contribution in [2.24, 2.45) is 0 Å². The molecule has 2 N–H and O–H groups in total. The van der Waals surface area contributed by atoms with E-state index in [1.165, 1.54) is 0 Å². The summed E-state index contributed by atoms with van der Waals surface area (Å²) in [5.41, 5.74) is 2.75. The van der Waals surface area contributed by atoms with Crippen molar-refractivity contribution in [2.45, 2.75) is 26.6 Å². The van der Waals surface area contributed by atoms with Crippen molar-refractivity contribution in [3.8, 4) is 0 Å². The Kier molecular flexibility index (Phi) is 6.06. The zero-order valence-electron chi connectivity index (χ0n) is 15.0. The maximum atomic E-state index is 11.1. The Bertz CT molecular complexity index is 935. The second-order valence-corrected chi connectivity index (χ2v) is 6.11. The van der Waals surface area contributed by atoms with Crippen LogP contribution in [0.4, 0.5) is 0 Å². The highest BCUT2D eigenvalue weighted by Crippen LogP contribution is 2.07. The van der Waals surface area contributed by atoms with Gasteiger partial charge in [-0.1, -0.05) is 42.5 Å². The summed E-state index contributed by atoms with van der Waals surface area (Å²) in [4.78, 5) is 15.5. The SMILES string of the molecule is Cc1cc(C(=O)O)cc(CNCc2nncn2CC=Cc2ccccc2)n1. The summed E-state index contributed by atoms with van der Waals surface area (Å²) < 4.78 is 1.96. The molecular weight excluding hydrogens is 342 g/mol. The Morgan fingerprint density at radius 1 is 1.22 bits per heavy atom. The topological polar surface area (TPSA) is 92.9 Å². The Balaban J connectivity index is 1.56. The molecule has 3 aromatic rings. The van der Waals surface area contributed by atoms with Crippen molar-refractivity contribution in [3.63, 3.8) is 0 Å². The molecule has 0 aliphatic carbocycles. The molecule has 0 bridgehead atoms. The van der Waals surface area contributed by atoms with Crippen molar-refractivity contribution in [3.05, 3.63) is 83.2 Å². The van der Waals surface area contributed by atoms with Gasteiger partial charge in [0.1, 0.15) is 12.2 Å². The highest BCUT2D eigenvalue weighted by atomic mass is 16.4. The van der Waals surface area contributed by atoms with E-state index in [-0.39, 0.29) is 5.56 Å². The van der Waals surface area contributed by atoms with Gasteiger partial charge in [-0.25, -0.2) is 4.79 Å². The summed E-state index contributed by atoms with van der Waals surface area (Å²) >= 11 is 0. The fourth-order valence-corrected chi connectivity index (χ4v) is 2.69. The molecular formula is C20H21N5O2. The number of nitrogens with one attached hydrogen (secondary N) is 1. The van der Waals surface area contributed by atoms with E-state index in [1.807, 2.05) is 34.9 Å². The van der Waals surface area contributed by atoms with E-state index in [0.29, 0.717) is 31.0 Å². The van der Waals surface area contributed by atoms with Gasteiger partial charge in [0.05, 0.1) is 17.8 Å². The number of aromatic nitrogens is 4. The molecule has 138 valence electrons. The number of allylic oxidation sites excluding steroid dienone is 1. The second-order valence-electron chi connectivity index (χ2n) is 6.11. The van der Waals surface area contributed by atoms with Crippen molar-refractivity contribution >= 4 is 12.0 Å². The lowest BCUT2D eigenvalue weighted by Crippen LogP contribution is -2.18. The number of aromatic carboxylic acids is 1. The molecule has 0 fully saturated rings. The molecule has 3 rings (SSSR count). The summed E-state index contributed by atoms with van der Waals surface area (Å²) in [6, 6.07) is 13.2. The fraction of sp³-hybridized carbons (Fsp3) is 0.200. The van der Waals surface area contributed by atoms with Crippen LogP contribution >= 0.6 is 0 Å². The van der Waals surface area contributed by atoms with Gasteiger partial charge in [-0.2, -0.15) is 0 Å². The maximum Gasteiger partial charge on any atom is 0.335 e. The third-order valence-corrected chi connectivity index (χ3v) is 3.95. The van der Waals surface area contributed by atoms with Crippen LogP contribution in [0.25, 0.3) is 6.08 Å². The number of rotatable bonds is 8. The molecule has 27 heavy (non-hydrogen) atoms. The van der Waals surface area contributed by atoms with E-state index >= 15 is 0 Å². The van der Waals surface area contributed by atoms with Crippen LogP contribution in [0.5, 0.6) is 0 Å². The van der Waals surface area contributed by atoms with Crippen molar-refractivity contribution in [1.29, 1.82) is 0 Å². The van der Waals surface area contributed by atoms with Gasteiger partial charge >= 0.3 is 5.97 Å². The summed E-state index contributed by atoms with van der Waals surface area (Å²) in [7, 11) is 0. The number of hydrogen-bond acceptors (Lipinski definition) is 5. The molecule has 0 saturated heterocycles. The Hall–Kier alpha value is -3.32. The van der Waals surface area contributed by atoms with E-state index in [9.17, 15) is 4.79 Å². The average molecular weight is 363 g/mol. The summed E-state index contributed by atoms with van der Waals surface area (Å²) in [5.74, 6) is -0.148. The summed E-state index contributed by atoms with van der Waals surface area (Å²) in [6.45, 7) is 3.42. The number of benzene rings is 1. The van der Waals surface area contributed by atoms with Crippen molar-refractivity contribution < 1.29 is 9.90 Å². The lowest BCUT2D eigenvalue weighted by molar-refractivity contribution is 0.0696. The third kappa shape index (κ3) is 5.32. The number of carbonyl (C=O) groups is 1. The molecule has 7 heteroatoms. The van der Waals surface area contributed by atoms with Crippen LogP contribution in [0, 0.1) is 6.92 Å². The minimum Gasteiger partial charge on any atom is -0.478 e. The zero-order valence-corrected chi connectivity index (χ0v) is 15.0. The number of aryl methyl sites for hydroxylation is 1. The van der Waals surface area contributed by atoms with Gasteiger partial charge in [0, 0.05) is 18.8 Å². The predicted molar refractivity (Wildman–Crippen MR) is 102 cm³/mol. The van der Waals surface area contributed by atoms with Gasteiger partial charge in [-0.3, -0.25) is 4.98 Å². The lowest BCUT2D eigenvalue weighted by Gasteiger charge is -2.07. The smallest absolute Gasteiger partial charge is 0.335 e. The molecule has 0 amide bonds. The van der Waals surface area contributed by atoms with Crippen LogP contribution in [0.3, 0.4) is 0 Å². The molecule has 7 nitrogen and oxygen atoms in total. The average Bonchev–Trinajstić information content (AvgIpc) is 3.09. The van der Waals surface area contributed by atoms with E-state index in [2.05, 4.69) is 32.7 Å².